The molecular weight excluding hydrogens is 142 g/mol. The molecule has 0 aromatic rings. The van der Waals surface area contributed by atoms with E-state index in [4.69, 9.17) is 4.84 Å². The van der Waals surface area contributed by atoms with E-state index in [1.165, 1.54) is 6.20 Å². The summed E-state index contributed by atoms with van der Waals surface area (Å²) in [5, 5.41) is 9.57. The van der Waals surface area contributed by atoms with Gasteiger partial charge in [0.2, 0.25) is 0 Å². The van der Waals surface area contributed by atoms with Gasteiger partial charge in [-0.2, -0.15) is 0 Å². The van der Waals surface area contributed by atoms with E-state index in [1.54, 1.807) is 27.7 Å². The van der Waals surface area contributed by atoms with Crippen LogP contribution in [0.2, 0.25) is 0 Å². The molecule has 0 fully saturated rings. The fourth-order valence-corrected chi connectivity index (χ4v) is 0.314. The third kappa shape index (κ3) is 2.91. The summed E-state index contributed by atoms with van der Waals surface area (Å²) in [6.07, 6.45) is 1.42. The highest BCUT2D eigenvalue weighted by Gasteiger charge is 2.36. The minimum Gasteiger partial charge on any atom is -0.387 e. The first-order valence-corrected chi connectivity index (χ1v) is 3.58. The van der Waals surface area contributed by atoms with Crippen molar-refractivity contribution in [2.24, 2.45) is 0 Å². The molecule has 11 heavy (non-hydrogen) atoms. The van der Waals surface area contributed by atoms with Crippen molar-refractivity contribution in [1.82, 2.24) is 5.48 Å². The van der Waals surface area contributed by atoms with E-state index in [1.807, 2.05) is 0 Å². The van der Waals surface area contributed by atoms with Crippen LogP contribution in [0, 0.1) is 0 Å². The minimum absolute atomic E-state index is 0.638. The maximum atomic E-state index is 9.57. The Labute approximate surface area is 68.0 Å². The lowest BCUT2D eigenvalue weighted by Crippen LogP contribution is -2.49. The van der Waals surface area contributed by atoms with Crippen LogP contribution in [0.25, 0.3) is 0 Å². The van der Waals surface area contributed by atoms with Crippen LogP contribution < -0.4 is 5.48 Å². The Kier molecular flexibility index (Phi) is 3.08. The maximum Gasteiger partial charge on any atom is 0.118 e. The third-order valence-electron chi connectivity index (χ3n) is 1.87. The van der Waals surface area contributed by atoms with Crippen molar-refractivity contribution < 1.29 is 9.94 Å². The van der Waals surface area contributed by atoms with Gasteiger partial charge in [-0.05, 0) is 27.7 Å². The lowest BCUT2D eigenvalue weighted by atomic mass is 9.90. The number of aliphatic hydroxyl groups is 1. The molecule has 0 aliphatic carbocycles. The Morgan fingerprint density at radius 1 is 1.36 bits per heavy atom. The van der Waals surface area contributed by atoms with Gasteiger partial charge >= 0.3 is 0 Å². The number of nitrogens with one attached hydrogen (secondary N) is 1. The van der Waals surface area contributed by atoms with Crippen molar-refractivity contribution >= 4 is 0 Å². The van der Waals surface area contributed by atoms with Crippen molar-refractivity contribution in [3.63, 3.8) is 0 Å². The van der Waals surface area contributed by atoms with Gasteiger partial charge in [0.1, 0.15) is 5.60 Å². The van der Waals surface area contributed by atoms with Crippen molar-refractivity contribution in [2.45, 2.75) is 38.9 Å². The smallest absolute Gasteiger partial charge is 0.118 e. The molecule has 0 saturated carbocycles. The molecule has 0 unspecified atom stereocenters. The Balaban J connectivity index is 4.10. The van der Waals surface area contributed by atoms with Gasteiger partial charge in [0.25, 0.3) is 0 Å². The van der Waals surface area contributed by atoms with Gasteiger partial charge in [-0.1, -0.05) is 6.58 Å². The summed E-state index contributed by atoms with van der Waals surface area (Å²) in [5.41, 5.74) is 0.975. The number of hydrogen-bond donors (Lipinski definition) is 2. The van der Waals surface area contributed by atoms with Crippen molar-refractivity contribution in [2.75, 3.05) is 0 Å². The van der Waals surface area contributed by atoms with Gasteiger partial charge in [0, 0.05) is 6.20 Å². The number of hydrogen-bond acceptors (Lipinski definition) is 3. The Morgan fingerprint density at radius 2 is 1.82 bits per heavy atom. The molecule has 0 aromatic carbocycles. The molecular formula is C8H17NO2. The summed E-state index contributed by atoms with van der Waals surface area (Å²) in [6.45, 7) is 10.4. The van der Waals surface area contributed by atoms with E-state index in [0.29, 0.717) is 0 Å². The van der Waals surface area contributed by atoms with Crippen molar-refractivity contribution in [3.05, 3.63) is 12.8 Å². The summed E-state index contributed by atoms with van der Waals surface area (Å²) in [5.74, 6) is 0. The molecule has 0 aliphatic rings. The molecule has 0 heterocycles. The normalized spacial score (nSPS) is 12.8. The van der Waals surface area contributed by atoms with Crippen LogP contribution in [-0.4, -0.2) is 16.3 Å². The predicted molar refractivity (Wildman–Crippen MR) is 44.8 cm³/mol. The second-order valence-corrected chi connectivity index (χ2v) is 3.49. The minimum atomic E-state index is -0.886. The maximum absolute atomic E-state index is 9.57. The fourth-order valence-electron chi connectivity index (χ4n) is 0.314. The SMILES string of the molecule is C=CNOC(C)(C)C(C)(C)O. The first-order chi connectivity index (χ1) is 4.81. The second-order valence-electron chi connectivity index (χ2n) is 3.49. The largest absolute Gasteiger partial charge is 0.387 e. The van der Waals surface area contributed by atoms with Crippen LogP contribution in [0.4, 0.5) is 0 Å². The van der Waals surface area contributed by atoms with Gasteiger partial charge in [-0.25, -0.2) is 0 Å². The lowest BCUT2D eigenvalue weighted by Gasteiger charge is -2.35. The molecule has 3 nitrogen and oxygen atoms in total. The van der Waals surface area contributed by atoms with E-state index in [9.17, 15) is 5.11 Å². The van der Waals surface area contributed by atoms with Gasteiger partial charge in [0.05, 0.1) is 5.60 Å². The van der Waals surface area contributed by atoms with Gasteiger partial charge < -0.3 is 5.11 Å². The number of rotatable bonds is 4. The summed E-state index contributed by atoms with van der Waals surface area (Å²) in [7, 11) is 0. The lowest BCUT2D eigenvalue weighted by molar-refractivity contribution is -0.173. The highest BCUT2D eigenvalue weighted by molar-refractivity contribution is 4.87. The molecule has 0 radical (unpaired) electrons. The van der Waals surface area contributed by atoms with E-state index < -0.39 is 11.2 Å². The highest BCUT2D eigenvalue weighted by Crippen LogP contribution is 2.23. The highest BCUT2D eigenvalue weighted by atomic mass is 16.7. The average Bonchev–Trinajstić information content (AvgIpc) is 1.81. The zero-order chi connectivity index (χ0) is 9.12. The van der Waals surface area contributed by atoms with Crippen LogP contribution >= 0.6 is 0 Å². The first kappa shape index (κ1) is 10.5. The summed E-state index contributed by atoms with van der Waals surface area (Å²) < 4.78 is 0. The van der Waals surface area contributed by atoms with E-state index in [-0.39, 0.29) is 0 Å². The van der Waals surface area contributed by atoms with Gasteiger partial charge in [-0.15, -0.1) is 0 Å². The van der Waals surface area contributed by atoms with Gasteiger partial charge in [0.15, 0.2) is 0 Å². The molecule has 0 rings (SSSR count). The zero-order valence-corrected chi connectivity index (χ0v) is 7.64. The Hall–Kier alpha value is -0.540. The van der Waals surface area contributed by atoms with Crippen LogP contribution in [0.5, 0.6) is 0 Å². The van der Waals surface area contributed by atoms with Crippen molar-refractivity contribution in [1.29, 1.82) is 0 Å². The van der Waals surface area contributed by atoms with E-state index in [2.05, 4.69) is 12.1 Å². The summed E-state index contributed by atoms with van der Waals surface area (Å²) >= 11 is 0. The quantitative estimate of drug-likeness (QED) is 0.606. The summed E-state index contributed by atoms with van der Waals surface area (Å²) in [6, 6.07) is 0. The van der Waals surface area contributed by atoms with E-state index >= 15 is 0 Å². The molecule has 66 valence electrons. The molecule has 0 bridgehead atoms. The molecule has 0 amide bonds. The van der Waals surface area contributed by atoms with Crippen LogP contribution in [0.3, 0.4) is 0 Å². The topological polar surface area (TPSA) is 41.5 Å². The second kappa shape index (κ2) is 3.24. The van der Waals surface area contributed by atoms with Crippen LogP contribution in [0.1, 0.15) is 27.7 Å². The van der Waals surface area contributed by atoms with Gasteiger partial charge in [-0.3, -0.25) is 10.3 Å². The van der Waals surface area contributed by atoms with Crippen molar-refractivity contribution in [3.8, 4) is 0 Å². The molecule has 0 aromatic heterocycles. The molecule has 2 N–H and O–H groups in total. The molecule has 0 atom stereocenters. The summed E-state index contributed by atoms with van der Waals surface area (Å²) in [4.78, 5) is 5.12. The average molecular weight is 159 g/mol. The molecule has 3 heteroatoms. The molecule has 0 spiro atoms. The fraction of sp³-hybridized carbons (Fsp3) is 0.750. The Bertz CT molecular complexity index is 136. The standard InChI is InChI=1S/C8H17NO2/c1-6-9-11-8(4,5)7(2,3)10/h6,9-10H,1H2,2-5H3. The van der Waals surface area contributed by atoms with E-state index in [0.717, 1.165) is 0 Å². The first-order valence-electron chi connectivity index (χ1n) is 3.58. The molecule has 0 saturated heterocycles. The predicted octanol–water partition coefficient (Wildman–Crippen LogP) is 1.20. The third-order valence-corrected chi connectivity index (χ3v) is 1.87. The van der Waals surface area contributed by atoms with Crippen LogP contribution in [-0.2, 0) is 4.84 Å². The monoisotopic (exact) mass is 159 g/mol. The zero-order valence-electron chi connectivity index (χ0n) is 7.64. The van der Waals surface area contributed by atoms with Crippen LogP contribution in [0.15, 0.2) is 12.8 Å². The molecule has 0 aliphatic heterocycles. The number of hydroxylamine groups is 1. The Morgan fingerprint density at radius 3 is 2.09 bits per heavy atom.